The van der Waals surface area contributed by atoms with Gasteiger partial charge in [-0.3, -0.25) is 0 Å². The van der Waals surface area contributed by atoms with Gasteiger partial charge in [0.1, 0.15) is 0 Å². The molecule has 1 unspecified atom stereocenters. The van der Waals surface area contributed by atoms with Crippen LogP contribution in [0.4, 0.5) is 0 Å². The molecule has 0 amide bonds. The molecule has 1 aliphatic heterocycles. The van der Waals surface area contributed by atoms with Gasteiger partial charge in [0.05, 0.1) is 0 Å². The number of ether oxygens (including phenoxy) is 1. The Hall–Kier alpha value is 0.620. The second kappa shape index (κ2) is 6.18. The monoisotopic (exact) mass is 424 g/mol. The third-order valence-corrected chi connectivity index (χ3v) is 6.04. The molecule has 2 rings (SSSR count). The Labute approximate surface area is 128 Å². The number of halogens is 3. The average molecular weight is 427 g/mol. The molecule has 1 aromatic carbocycles. The Morgan fingerprint density at radius 3 is 2.47 bits per heavy atom. The molecule has 0 radical (unpaired) electrons. The molecule has 1 fully saturated rings. The van der Waals surface area contributed by atoms with Gasteiger partial charge in [-0.05, 0) is 48.9 Å². The van der Waals surface area contributed by atoms with Crippen LogP contribution in [0.1, 0.15) is 28.8 Å². The van der Waals surface area contributed by atoms with Gasteiger partial charge in [-0.25, -0.2) is 0 Å². The number of hydrogen-bond donors (Lipinski definition) is 0. The highest BCUT2D eigenvalue weighted by atomic mass is 79.9. The highest BCUT2D eigenvalue weighted by Crippen LogP contribution is 2.41. The summed E-state index contributed by atoms with van der Waals surface area (Å²) in [5.74, 6) is 0.662. The number of alkyl halides is 1. The van der Waals surface area contributed by atoms with Crippen molar-refractivity contribution in [3.05, 3.63) is 32.2 Å². The molecule has 1 atom stereocenters. The van der Waals surface area contributed by atoms with Crippen molar-refractivity contribution in [1.82, 2.24) is 0 Å². The van der Waals surface area contributed by atoms with E-state index in [0.29, 0.717) is 10.7 Å². The lowest BCUT2D eigenvalue weighted by molar-refractivity contribution is 0.0661. The Morgan fingerprint density at radius 2 is 1.82 bits per heavy atom. The van der Waals surface area contributed by atoms with Gasteiger partial charge in [-0.15, -0.1) is 0 Å². The number of aryl methyl sites for hydroxylation is 1. The normalized spacial score (nSPS) is 19.3. The van der Waals surface area contributed by atoms with Crippen molar-refractivity contribution in [2.24, 2.45) is 5.92 Å². The van der Waals surface area contributed by atoms with Crippen LogP contribution in [-0.4, -0.2) is 13.2 Å². The highest BCUT2D eigenvalue weighted by molar-refractivity contribution is 9.11. The first-order valence-corrected chi connectivity index (χ1v) is 8.27. The van der Waals surface area contributed by atoms with Crippen molar-refractivity contribution in [2.45, 2.75) is 24.6 Å². The third kappa shape index (κ3) is 3.34. The fraction of sp³-hybridized carbons (Fsp3) is 0.538. The average Bonchev–Trinajstić information content (AvgIpc) is 2.34. The SMILES string of the molecule is Cc1cc(Br)c(C(Br)C2CCOCC2)cc1Br. The summed E-state index contributed by atoms with van der Waals surface area (Å²) in [7, 11) is 0. The van der Waals surface area contributed by atoms with Crippen molar-refractivity contribution in [3.63, 3.8) is 0 Å². The molecule has 94 valence electrons. The van der Waals surface area contributed by atoms with E-state index < -0.39 is 0 Å². The molecule has 17 heavy (non-hydrogen) atoms. The van der Waals surface area contributed by atoms with E-state index in [1.54, 1.807) is 0 Å². The van der Waals surface area contributed by atoms with Crippen molar-refractivity contribution in [2.75, 3.05) is 13.2 Å². The van der Waals surface area contributed by atoms with Crippen LogP contribution in [0.25, 0.3) is 0 Å². The Morgan fingerprint density at radius 1 is 1.18 bits per heavy atom. The van der Waals surface area contributed by atoms with Crippen molar-refractivity contribution in [1.29, 1.82) is 0 Å². The molecule has 0 aromatic heterocycles. The van der Waals surface area contributed by atoms with Gasteiger partial charge in [0.15, 0.2) is 0 Å². The summed E-state index contributed by atoms with van der Waals surface area (Å²) in [5.41, 5.74) is 2.58. The van der Waals surface area contributed by atoms with Crippen LogP contribution in [0.15, 0.2) is 21.1 Å². The zero-order chi connectivity index (χ0) is 12.4. The van der Waals surface area contributed by atoms with Gasteiger partial charge in [-0.1, -0.05) is 47.8 Å². The van der Waals surface area contributed by atoms with Crippen molar-refractivity contribution >= 4 is 47.8 Å². The van der Waals surface area contributed by atoms with E-state index in [2.05, 4.69) is 66.8 Å². The van der Waals surface area contributed by atoms with Gasteiger partial charge < -0.3 is 4.74 Å². The summed E-state index contributed by atoms with van der Waals surface area (Å²) in [6.45, 7) is 3.88. The molecule has 0 spiro atoms. The second-order valence-electron chi connectivity index (χ2n) is 4.47. The van der Waals surface area contributed by atoms with E-state index in [0.717, 1.165) is 26.1 Å². The summed E-state index contributed by atoms with van der Waals surface area (Å²) in [6, 6.07) is 4.39. The molecule has 0 bridgehead atoms. The summed E-state index contributed by atoms with van der Waals surface area (Å²) in [5, 5.41) is 0. The van der Waals surface area contributed by atoms with Crippen LogP contribution >= 0.6 is 47.8 Å². The molecule has 0 aliphatic carbocycles. The van der Waals surface area contributed by atoms with Gasteiger partial charge in [0.25, 0.3) is 0 Å². The number of rotatable bonds is 2. The standard InChI is InChI=1S/C13H15Br3O/c1-8-6-12(15)10(7-11(8)14)13(16)9-2-4-17-5-3-9/h6-7,9,13H,2-5H2,1H3. The molecule has 4 heteroatoms. The Balaban J connectivity index is 2.23. The van der Waals surface area contributed by atoms with Crippen LogP contribution in [-0.2, 0) is 4.74 Å². The summed E-state index contributed by atoms with van der Waals surface area (Å²) in [6.07, 6.45) is 2.27. The van der Waals surface area contributed by atoms with Crippen LogP contribution < -0.4 is 0 Å². The zero-order valence-corrected chi connectivity index (χ0v) is 14.4. The Kier molecular flexibility index (Phi) is 5.10. The number of hydrogen-bond acceptors (Lipinski definition) is 1. The molecule has 0 saturated carbocycles. The lowest BCUT2D eigenvalue weighted by Gasteiger charge is -2.27. The minimum absolute atomic E-state index is 0.401. The van der Waals surface area contributed by atoms with Crippen LogP contribution in [0.3, 0.4) is 0 Å². The molecule has 0 N–H and O–H groups in total. The minimum Gasteiger partial charge on any atom is -0.381 e. The largest absolute Gasteiger partial charge is 0.381 e. The van der Waals surface area contributed by atoms with E-state index in [1.165, 1.54) is 20.1 Å². The molecule has 1 aliphatic rings. The van der Waals surface area contributed by atoms with Crippen molar-refractivity contribution in [3.8, 4) is 0 Å². The second-order valence-corrected chi connectivity index (χ2v) is 7.17. The maximum atomic E-state index is 5.42. The van der Waals surface area contributed by atoms with Crippen LogP contribution in [0.5, 0.6) is 0 Å². The fourth-order valence-electron chi connectivity index (χ4n) is 2.14. The van der Waals surface area contributed by atoms with Crippen LogP contribution in [0, 0.1) is 12.8 Å². The summed E-state index contributed by atoms with van der Waals surface area (Å²) in [4.78, 5) is 0.401. The van der Waals surface area contributed by atoms with E-state index in [4.69, 9.17) is 4.74 Å². The quantitative estimate of drug-likeness (QED) is 0.576. The Bertz CT molecular complexity index is 400. The molecule has 1 nitrogen and oxygen atoms in total. The minimum atomic E-state index is 0.401. The predicted molar refractivity (Wildman–Crippen MR) is 81.8 cm³/mol. The summed E-state index contributed by atoms with van der Waals surface area (Å²) < 4.78 is 7.78. The fourth-order valence-corrected chi connectivity index (χ4v) is 4.42. The molecular formula is C13H15Br3O. The predicted octanol–water partition coefficient (Wildman–Crippen LogP) is 5.38. The van der Waals surface area contributed by atoms with Gasteiger partial charge >= 0.3 is 0 Å². The van der Waals surface area contributed by atoms with Gasteiger partial charge in [0.2, 0.25) is 0 Å². The summed E-state index contributed by atoms with van der Waals surface area (Å²) >= 11 is 11.1. The molecule has 1 saturated heterocycles. The maximum Gasteiger partial charge on any atom is 0.0469 e. The maximum absolute atomic E-state index is 5.42. The van der Waals surface area contributed by atoms with Crippen LogP contribution in [0.2, 0.25) is 0 Å². The van der Waals surface area contributed by atoms with Gasteiger partial charge in [-0.2, -0.15) is 0 Å². The smallest absolute Gasteiger partial charge is 0.0469 e. The highest BCUT2D eigenvalue weighted by Gasteiger charge is 2.25. The molecular weight excluding hydrogens is 412 g/mol. The van der Waals surface area contributed by atoms with E-state index in [9.17, 15) is 0 Å². The third-order valence-electron chi connectivity index (χ3n) is 3.25. The topological polar surface area (TPSA) is 9.23 Å². The molecule has 1 aromatic rings. The van der Waals surface area contributed by atoms with E-state index >= 15 is 0 Å². The van der Waals surface area contributed by atoms with Crippen molar-refractivity contribution < 1.29 is 4.74 Å². The van der Waals surface area contributed by atoms with E-state index in [1.807, 2.05) is 0 Å². The first-order chi connectivity index (χ1) is 8.09. The molecule has 1 heterocycles. The lowest BCUT2D eigenvalue weighted by atomic mass is 9.92. The first kappa shape index (κ1) is 14.0. The first-order valence-electron chi connectivity index (χ1n) is 5.77. The lowest BCUT2D eigenvalue weighted by Crippen LogP contribution is -2.19. The van der Waals surface area contributed by atoms with Gasteiger partial charge in [0, 0.05) is 27.0 Å². The van der Waals surface area contributed by atoms with E-state index in [-0.39, 0.29) is 0 Å². The number of benzene rings is 1. The zero-order valence-electron chi connectivity index (χ0n) is 9.68.